The third kappa shape index (κ3) is 2.27. The molecule has 0 radical (unpaired) electrons. The van der Waals surface area contributed by atoms with Gasteiger partial charge >= 0.3 is 5.97 Å². The molecule has 0 amide bonds. The van der Waals surface area contributed by atoms with Crippen molar-refractivity contribution >= 4 is 5.97 Å². The van der Waals surface area contributed by atoms with Crippen molar-refractivity contribution in [2.75, 3.05) is 7.11 Å². The molecule has 0 aromatic carbocycles. The summed E-state index contributed by atoms with van der Waals surface area (Å²) in [6.45, 7) is 2.11. The summed E-state index contributed by atoms with van der Waals surface area (Å²) in [6.07, 6.45) is 4.67. The van der Waals surface area contributed by atoms with Crippen LogP contribution in [0.5, 0.6) is 0 Å². The van der Waals surface area contributed by atoms with Crippen LogP contribution in [0.1, 0.15) is 32.6 Å². The lowest BCUT2D eigenvalue weighted by atomic mass is 9.90. The minimum Gasteiger partial charge on any atom is -0.459 e. The van der Waals surface area contributed by atoms with Crippen LogP contribution < -0.4 is 0 Å². The SMILES string of the molecule is COC(=O)C#CC1(C)CCCC1. The van der Waals surface area contributed by atoms with E-state index in [1.165, 1.54) is 20.0 Å². The summed E-state index contributed by atoms with van der Waals surface area (Å²) in [4.78, 5) is 10.7. The lowest BCUT2D eigenvalue weighted by Gasteiger charge is -2.13. The summed E-state index contributed by atoms with van der Waals surface area (Å²) in [5.74, 6) is 5.06. The Bertz CT molecular complexity index is 226. The lowest BCUT2D eigenvalue weighted by Crippen LogP contribution is -2.08. The predicted molar refractivity (Wildman–Crippen MR) is 46.4 cm³/mol. The van der Waals surface area contributed by atoms with Gasteiger partial charge in [0.25, 0.3) is 0 Å². The van der Waals surface area contributed by atoms with Crippen LogP contribution in [-0.2, 0) is 9.53 Å². The van der Waals surface area contributed by atoms with Gasteiger partial charge in [-0.05, 0) is 19.8 Å². The quantitative estimate of drug-likeness (QED) is 0.311. The molecule has 1 aliphatic carbocycles. The fourth-order valence-corrected chi connectivity index (χ4v) is 1.53. The monoisotopic (exact) mass is 166 g/mol. The predicted octanol–water partition coefficient (Wildman–Crippen LogP) is 1.74. The van der Waals surface area contributed by atoms with Gasteiger partial charge in [-0.2, -0.15) is 0 Å². The topological polar surface area (TPSA) is 26.3 Å². The van der Waals surface area contributed by atoms with Gasteiger partial charge in [-0.15, -0.1) is 0 Å². The van der Waals surface area contributed by atoms with E-state index in [4.69, 9.17) is 0 Å². The van der Waals surface area contributed by atoms with Crippen molar-refractivity contribution in [3.8, 4) is 11.8 Å². The largest absolute Gasteiger partial charge is 0.459 e. The van der Waals surface area contributed by atoms with Gasteiger partial charge in [-0.3, -0.25) is 0 Å². The number of esters is 1. The molecule has 2 heteroatoms. The van der Waals surface area contributed by atoms with Crippen LogP contribution in [0.3, 0.4) is 0 Å². The van der Waals surface area contributed by atoms with Crippen molar-refractivity contribution < 1.29 is 9.53 Å². The Morgan fingerprint density at radius 2 is 2.00 bits per heavy atom. The van der Waals surface area contributed by atoms with E-state index in [0.717, 1.165) is 12.8 Å². The smallest absolute Gasteiger partial charge is 0.384 e. The summed E-state index contributed by atoms with van der Waals surface area (Å²) < 4.78 is 4.44. The number of hydrogen-bond acceptors (Lipinski definition) is 2. The van der Waals surface area contributed by atoms with Crippen LogP contribution in [0, 0.1) is 17.3 Å². The molecule has 0 heterocycles. The molecule has 2 nitrogen and oxygen atoms in total. The first-order valence-corrected chi connectivity index (χ1v) is 4.27. The van der Waals surface area contributed by atoms with Crippen molar-refractivity contribution in [1.29, 1.82) is 0 Å². The van der Waals surface area contributed by atoms with Crippen LogP contribution >= 0.6 is 0 Å². The highest BCUT2D eigenvalue weighted by Gasteiger charge is 2.26. The van der Waals surface area contributed by atoms with Crippen LogP contribution in [-0.4, -0.2) is 13.1 Å². The van der Waals surface area contributed by atoms with Crippen LogP contribution in [0.15, 0.2) is 0 Å². The van der Waals surface area contributed by atoms with E-state index >= 15 is 0 Å². The molecular formula is C10H14O2. The first-order valence-electron chi connectivity index (χ1n) is 4.27. The summed E-state index contributed by atoms with van der Waals surface area (Å²) in [5.41, 5.74) is 0.0637. The Labute approximate surface area is 73.3 Å². The fraction of sp³-hybridized carbons (Fsp3) is 0.700. The molecular weight excluding hydrogens is 152 g/mol. The first kappa shape index (κ1) is 9.12. The van der Waals surface area contributed by atoms with Gasteiger partial charge in [0.2, 0.25) is 0 Å². The van der Waals surface area contributed by atoms with Crippen LogP contribution in [0.25, 0.3) is 0 Å². The van der Waals surface area contributed by atoms with E-state index in [0.29, 0.717) is 0 Å². The molecule has 0 bridgehead atoms. The fourth-order valence-electron chi connectivity index (χ4n) is 1.53. The first-order chi connectivity index (χ1) is 5.66. The number of methoxy groups -OCH3 is 1. The Morgan fingerprint density at radius 1 is 1.42 bits per heavy atom. The number of ether oxygens (including phenoxy) is 1. The van der Waals surface area contributed by atoms with E-state index in [-0.39, 0.29) is 5.41 Å². The molecule has 0 aromatic rings. The molecule has 0 N–H and O–H groups in total. The summed E-state index contributed by atoms with van der Waals surface area (Å²) >= 11 is 0. The number of rotatable bonds is 0. The second-order valence-corrected chi connectivity index (χ2v) is 3.51. The van der Waals surface area contributed by atoms with E-state index in [2.05, 4.69) is 23.5 Å². The number of carbonyl (C=O) groups is 1. The third-order valence-corrected chi connectivity index (χ3v) is 2.36. The van der Waals surface area contributed by atoms with Gasteiger partial charge in [-0.1, -0.05) is 18.8 Å². The lowest BCUT2D eigenvalue weighted by molar-refractivity contribution is -0.133. The van der Waals surface area contributed by atoms with Gasteiger partial charge in [0.15, 0.2) is 0 Å². The molecule has 1 aliphatic rings. The summed E-state index contributed by atoms with van der Waals surface area (Å²) in [7, 11) is 1.36. The number of carbonyl (C=O) groups excluding carboxylic acids is 1. The molecule has 0 atom stereocenters. The van der Waals surface area contributed by atoms with E-state index in [1.807, 2.05) is 0 Å². The van der Waals surface area contributed by atoms with Crippen LogP contribution in [0.2, 0.25) is 0 Å². The molecule has 1 saturated carbocycles. The molecule has 0 unspecified atom stereocenters. The van der Waals surface area contributed by atoms with Crippen molar-refractivity contribution in [3.63, 3.8) is 0 Å². The van der Waals surface area contributed by atoms with Gasteiger partial charge in [0.05, 0.1) is 7.11 Å². The minimum atomic E-state index is -0.428. The van der Waals surface area contributed by atoms with E-state index in [9.17, 15) is 4.79 Å². The zero-order valence-electron chi connectivity index (χ0n) is 7.64. The summed E-state index contributed by atoms with van der Waals surface area (Å²) in [6, 6.07) is 0. The Balaban J connectivity index is 2.57. The maximum Gasteiger partial charge on any atom is 0.384 e. The average molecular weight is 166 g/mol. The maximum absolute atomic E-state index is 10.7. The van der Waals surface area contributed by atoms with Crippen molar-refractivity contribution in [2.24, 2.45) is 5.41 Å². The van der Waals surface area contributed by atoms with E-state index in [1.54, 1.807) is 0 Å². The maximum atomic E-state index is 10.7. The zero-order chi connectivity index (χ0) is 9.03. The standard InChI is InChI=1S/C10H14O2/c1-10(6-3-4-7-10)8-5-9(11)12-2/h3-4,6-7H2,1-2H3. The molecule has 1 rings (SSSR count). The molecule has 66 valence electrons. The molecule has 1 fully saturated rings. The normalized spacial score (nSPS) is 19.5. The highest BCUT2D eigenvalue weighted by molar-refractivity contribution is 5.88. The molecule has 0 aliphatic heterocycles. The summed E-state index contributed by atoms with van der Waals surface area (Å²) in [5, 5.41) is 0. The minimum absolute atomic E-state index is 0.0637. The van der Waals surface area contributed by atoms with Crippen molar-refractivity contribution in [2.45, 2.75) is 32.6 Å². The number of hydrogen-bond donors (Lipinski definition) is 0. The Kier molecular flexibility index (Phi) is 2.75. The second-order valence-electron chi connectivity index (χ2n) is 3.51. The third-order valence-electron chi connectivity index (χ3n) is 2.36. The van der Waals surface area contributed by atoms with Gasteiger partial charge in [0, 0.05) is 11.3 Å². The molecule has 0 saturated heterocycles. The Hall–Kier alpha value is -0.970. The highest BCUT2D eigenvalue weighted by Crippen LogP contribution is 2.36. The molecule has 12 heavy (non-hydrogen) atoms. The van der Waals surface area contributed by atoms with Crippen LogP contribution in [0.4, 0.5) is 0 Å². The average Bonchev–Trinajstić information content (AvgIpc) is 2.49. The van der Waals surface area contributed by atoms with Crippen molar-refractivity contribution in [1.82, 2.24) is 0 Å². The van der Waals surface area contributed by atoms with Gasteiger partial charge < -0.3 is 4.74 Å². The van der Waals surface area contributed by atoms with Crippen molar-refractivity contribution in [3.05, 3.63) is 0 Å². The highest BCUT2D eigenvalue weighted by atomic mass is 16.5. The van der Waals surface area contributed by atoms with Gasteiger partial charge in [0.1, 0.15) is 0 Å². The Morgan fingerprint density at radius 3 is 2.50 bits per heavy atom. The van der Waals surface area contributed by atoms with Gasteiger partial charge in [-0.25, -0.2) is 4.79 Å². The second kappa shape index (κ2) is 3.62. The molecule has 0 aromatic heterocycles. The molecule has 0 spiro atoms. The zero-order valence-corrected chi connectivity index (χ0v) is 7.64. The van der Waals surface area contributed by atoms with E-state index < -0.39 is 5.97 Å².